The van der Waals surface area contributed by atoms with E-state index in [4.69, 9.17) is 4.74 Å². The monoisotopic (exact) mass is 423 g/mol. The average Bonchev–Trinajstić information content (AvgIpc) is 2.49. The Morgan fingerprint density at radius 1 is 1.41 bits per heavy atom. The number of benzene rings is 1. The van der Waals surface area contributed by atoms with Gasteiger partial charge in [0.15, 0.2) is 5.96 Å². The number of nitrogens with zero attached hydrogens (tertiary/aromatic N) is 1. The Morgan fingerprint density at radius 2 is 2.09 bits per heavy atom. The standard InChI is InChI=1S/C15H22FN3O2.HI/c1-3-9-18-15(17-4-2)19-10-13(20)11-21-14-7-5-12(16)6-8-14;/h3,5-8,13,20H,1,4,9-11H2,2H3,(H2,17,18,19);1H. The Labute approximate surface area is 147 Å². The van der Waals surface area contributed by atoms with E-state index >= 15 is 0 Å². The molecule has 0 aromatic heterocycles. The number of halogens is 2. The van der Waals surface area contributed by atoms with Gasteiger partial charge in [0, 0.05) is 13.1 Å². The summed E-state index contributed by atoms with van der Waals surface area (Å²) < 4.78 is 18.1. The molecule has 1 atom stereocenters. The highest BCUT2D eigenvalue weighted by atomic mass is 127. The lowest BCUT2D eigenvalue weighted by atomic mass is 10.3. The molecule has 0 aliphatic rings. The van der Waals surface area contributed by atoms with Crippen molar-refractivity contribution in [1.29, 1.82) is 0 Å². The fourth-order valence-electron chi connectivity index (χ4n) is 1.48. The van der Waals surface area contributed by atoms with Crippen molar-refractivity contribution in [2.24, 2.45) is 4.99 Å². The molecule has 22 heavy (non-hydrogen) atoms. The molecule has 124 valence electrons. The SMILES string of the molecule is C=CCNC(=NCC(O)COc1ccc(F)cc1)NCC.I. The maximum absolute atomic E-state index is 12.7. The summed E-state index contributed by atoms with van der Waals surface area (Å²) in [6, 6.07) is 5.65. The Balaban J connectivity index is 0.00000441. The molecule has 0 aliphatic carbocycles. The minimum absolute atomic E-state index is 0. The molecule has 1 aromatic carbocycles. The van der Waals surface area contributed by atoms with Crippen LogP contribution in [0.3, 0.4) is 0 Å². The van der Waals surface area contributed by atoms with Crippen molar-refractivity contribution in [2.45, 2.75) is 13.0 Å². The largest absolute Gasteiger partial charge is 0.491 e. The first kappa shape index (κ1) is 20.6. The number of nitrogens with one attached hydrogen (secondary N) is 2. The number of aliphatic hydroxyl groups is 1. The molecule has 7 heteroatoms. The van der Waals surface area contributed by atoms with Crippen molar-refractivity contribution in [3.05, 3.63) is 42.7 Å². The van der Waals surface area contributed by atoms with Crippen LogP contribution in [0.5, 0.6) is 5.75 Å². The zero-order valence-corrected chi connectivity index (χ0v) is 14.9. The summed E-state index contributed by atoms with van der Waals surface area (Å²) in [5.74, 6) is 0.797. The summed E-state index contributed by atoms with van der Waals surface area (Å²) in [6.45, 7) is 7.19. The third kappa shape index (κ3) is 8.83. The molecule has 0 spiro atoms. The lowest BCUT2D eigenvalue weighted by Crippen LogP contribution is -2.38. The fourth-order valence-corrected chi connectivity index (χ4v) is 1.48. The lowest BCUT2D eigenvalue weighted by molar-refractivity contribution is 0.114. The van der Waals surface area contributed by atoms with E-state index in [-0.39, 0.29) is 42.9 Å². The van der Waals surface area contributed by atoms with Crippen LogP contribution < -0.4 is 15.4 Å². The minimum Gasteiger partial charge on any atom is -0.491 e. The van der Waals surface area contributed by atoms with Crippen molar-refractivity contribution >= 4 is 29.9 Å². The van der Waals surface area contributed by atoms with Crippen LogP contribution in [0.25, 0.3) is 0 Å². The van der Waals surface area contributed by atoms with Crippen LogP contribution in [0.1, 0.15) is 6.92 Å². The summed E-state index contributed by atoms with van der Waals surface area (Å²) in [4.78, 5) is 4.23. The maximum atomic E-state index is 12.7. The zero-order valence-electron chi connectivity index (χ0n) is 12.6. The molecule has 0 radical (unpaired) electrons. The van der Waals surface area contributed by atoms with Crippen LogP contribution in [-0.4, -0.2) is 43.4 Å². The molecule has 0 amide bonds. The Hall–Kier alpha value is -1.35. The fraction of sp³-hybridized carbons (Fsp3) is 0.400. The van der Waals surface area contributed by atoms with E-state index in [1.165, 1.54) is 24.3 Å². The zero-order chi connectivity index (χ0) is 15.5. The molecule has 1 aromatic rings. The van der Waals surface area contributed by atoms with Gasteiger partial charge >= 0.3 is 0 Å². The number of hydrogen-bond donors (Lipinski definition) is 3. The predicted octanol–water partition coefficient (Wildman–Crippen LogP) is 1.92. The van der Waals surface area contributed by atoms with Crippen LogP contribution in [0, 0.1) is 5.82 Å². The molecule has 0 saturated heterocycles. The van der Waals surface area contributed by atoms with Gasteiger partial charge in [0.1, 0.15) is 24.3 Å². The van der Waals surface area contributed by atoms with E-state index in [1.54, 1.807) is 6.08 Å². The smallest absolute Gasteiger partial charge is 0.191 e. The van der Waals surface area contributed by atoms with Crippen LogP contribution in [0.15, 0.2) is 41.9 Å². The highest BCUT2D eigenvalue weighted by molar-refractivity contribution is 14.0. The molecular formula is C15H23FIN3O2. The number of aliphatic imine (C=N–C) groups is 1. The second kappa shape index (κ2) is 12.2. The third-order valence-electron chi connectivity index (χ3n) is 2.47. The van der Waals surface area contributed by atoms with Crippen molar-refractivity contribution < 1.29 is 14.2 Å². The van der Waals surface area contributed by atoms with E-state index in [2.05, 4.69) is 22.2 Å². The Morgan fingerprint density at radius 3 is 2.68 bits per heavy atom. The van der Waals surface area contributed by atoms with Crippen molar-refractivity contribution in [1.82, 2.24) is 10.6 Å². The van der Waals surface area contributed by atoms with Crippen LogP contribution >= 0.6 is 24.0 Å². The van der Waals surface area contributed by atoms with Gasteiger partial charge in [-0.1, -0.05) is 6.08 Å². The van der Waals surface area contributed by atoms with Gasteiger partial charge in [-0.15, -0.1) is 30.6 Å². The first-order chi connectivity index (χ1) is 10.2. The quantitative estimate of drug-likeness (QED) is 0.259. The summed E-state index contributed by atoms with van der Waals surface area (Å²) in [5.41, 5.74) is 0. The first-order valence-corrected chi connectivity index (χ1v) is 6.85. The van der Waals surface area contributed by atoms with Crippen LogP contribution in [-0.2, 0) is 0 Å². The molecule has 1 unspecified atom stereocenters. The minimum atomic E-state index is -0.741. The number of hydrogen-bond acceptors (Lipinski definition) is 3. The summed E-state index contributed by atoms with van der Waals surface area (Å²) in [5, 5.41) is 15.9. The van der Waals surface area contributed by atoms with E-state index in [0.717, 1.165) is 6.54 Å². The second-order valence-electron chi connectivity index (χ2n) is 4.31. The summed E-state index contributed by atoms with van der Waals surface area (Å²) in [6.07, 6.45) is 0.982. The van der Waals surface area contributed by atoms with Gasteiger partial charge in [-0.05, 0) is 31.2 Å². The van der Waals surface area contributed by atoms with E-state index in [0.29, 0.717) is 18.3 Å². The maximum Gasteiger partial charge on any atom is 0.191 e. The van der Waals surface area contributed by atoms with E-state index in [9.17, 15) is 9.50 Å². The first-order valence-electron chi connectivity index (χ1n) is 6.85. The second-order valence-corrected chi connectivity index (χ2v) is 4.31. The molecule has 5 nitrogen and oxygen atoms in total. The highest BCUT2D eigenvalue weighted by Gasteiger charge is 2.05. The number of rotatable bonds is 8. The molecule has 0 aliphatic heterocycles. The van der Waals surface area contributed by atoms with Crippen molar-refractivity contribution in [3.63, 3.8) is 0 Å². The molecule has 0 heterocycles. The van der Waals surface area contributed by atoms with Gasteiger partial charge in [0.2, 0.25) is 0 Å². The number of aliphatic hydroxyl groups excluding tert-OH is 1. The predicted molar refractivity (Wildman–Crippen MR) is 97.5 cm³/mol. The molecule has 0 saturated carbocycles. The highest BCUT2D eigenvalue weighted by Crippen LogP contribution is 2.11. The molecule has 0 fully saturated rings. The van der Waals surface area contributed by atoms with Gasteiger partial charge in [-0.3, -0.25) is 4.99 Å². The van der Waals surface area contributed by atoms with Gasteiger partial charge in [-0.25, -0.2) is 4.39 Å². The average molecular weight is 423 g/mol. The third-order valence-corrected chi connectivity index (χ3v) is 2.47. The van der Waals surface area contributed by atoms with Gasteiger partial charge < -0.3 is 20.5 Å². The Kier molecular flexibility index (Phi) is 11.5. The topological polar surface area (TPSA) is 65.9 Å². The lowest BCUT2D eigenvalue weighted by Gasteiger charge is -2.13. The molecular weight excluding hydrogens is 400 g/mol. The van der Waals surface area contributed by atoms with E-state index < -0.39 is 6.10 Å². The van der Waals surface area contributed by atoms with Crippen LogP contribution in [0.4, 0.5) is 4.39 Å². The molecule has 3 N–H and O–H groups in total. The van der Waals surface area contributed by atoms with Gasteiger partial charge in [0.25, 0.3) is 0 Å². The Bertz CT molecular complexity index is 455. The van der Waals surface area contributed by atoms with Crippen molar-refractivity contribution in [3.8, 4) is 5.75 Å². The number of guanidine groups is 1. The summed E-state index contributed by atoms with van der Waals surface area (Å²) >= 11 is 0. The van der Waals surface area contributed by atoms with Crippen molar-refractivity contribution in [2.75, 3.05) is 26.2 Å². The summed E-state index contributed by atoms with van der Waals surface area (Å²) in [7, 11) is 0. The molecule has 1 rings (SSSR count). The number of ether oxygens (including phenoxy) is 1. The normalized spacial score (nSPS) is 12.0. The van der Waals surface area contributed by atoms with E-state index in [1.807, 2.05) is 6.92 Å². The van der Waals surface area contributed by atoms with Gasteiger partial charge in [0.05, 0.1) is 6.54 Å². The molecule has 0 bridgehead atoms. The van der Waals surface area contributed by atoms with Crippen LogP contribution in [0.2, 0.25) is 0 Å². The van der Waals surface area contributed by atoms with Gasteiger partial charge in [-0.2, -0.15) is 0 Å².